The molecule has 0 unspecified atom stereocenters. The number of carbonyl (C=O) groups is 1. The van der Waals surface area contributed by atoms with Crippen molar-refractivity contribution >= 4 is 17.2 Å². The van der Waals surface area contributed by atoms with E-state index in [1.165, 1.54) is 11.3 Å². The Bertz CT molecular complexity index is 656. The second-order valence-electron chi connectivity index (χ2n) is 6.51. The smallest absolute Gasteiger partial charge is 0.263 e. The van der Waals surface area contributed by atoms with Crippen LogP contribution in [0.3, 0.4) is 0 Å². The Labute approximate surface area is 140 Å². The maximum atomic E-state index is 12.5. The van der Waals surface area contributed by atoms with Gasteiger partial charge in [0.1, 0.15) is 17.5 Å². The molecule has 23 heavy (non-hydrogen) atoms. The zero-order valence-corrected chi connectivity index (χ0v) is 14.6. The average Bonchev–Trinajstić information content (AvgIpc) is 3.17. The molecule has 6 nitrogen and oxygen atoms in total. The van der Waals surface area contributed by atoms with E-state index in [9.17, 15) is 4.79 Å². The molecule has 1 saturated carbocycles. The molecule has 124 valence electrons. The van der Waals surface area contributed by atoms with Gasteiger partial charge in [-0.1, -0.05) is 13.8 Å². The van der Waals surface area contributed by atoms with Crippen molar-refractivity contribution in [2.45, 2.75) is 64.5 Å². The molecule has 0 saturated heterocycles. The zero-order valence-electron chi connectivity index (χ0n) is 13.8. The largest absolute Gasteiger partial charge is 0.349 e. The Balaban J connectivity index is 1.57. The van der Waals surface area contributed by atoms with Crippen molar-refractivity contribution in [1.29, 1.82) is 0 Å². The van der Waals surface area contributed by atoms with E-state index < -0.39 is 0 Å². The molecule has 3 rings (SSSR count). The number of thiazole rings is 1. The number of rotatable bonds is 4. The first-order chi connectivity index (χ1) is 11.0. The molecule has 7 heteroatoms. The number of amides is 1. The summed E-state index contributed by atoms with van der Waals surface area (Å²) in [6.45, 7) is 6.12. The SMILES string of the molecule is Cc1nc(C(C)C)sc1C(=O)NC1CCC(n2cnnc2)CC1. The topological polar surface area (TPSA) is 72.7 Å². The van der Waals surface area contributed by atoms with Crippen molar-refractivity contribution in [2.75, 3.05) is 0 Å². The van der Waals surface area contributed by atoms with Crippen LogP contribution in [0.2, 0.25) is 0 Å². The summed E-state index contributed by atoms with van der Waals surface area (Å²) in [6.07, 6.45) is 7.62. The van der Waals surface area contributed by atoms with Crippen LogP contribution >= 0.6 is 11.3 Å². The number of hydrogen-bond donors (Lipinski definition) is 1. The maximum Gasteiger partial charge on any atom is 0.263 e. The molecule has 0 radical (unpaired) electrons. The molecule has 1 amide bonds. The summed E-state index contributed by atoms with van der Waals surface area (Å²) in [4.78, 5) is 17.8. The highest BCUT2D eigenvalue weighted by Crippen LogP contribution is 2.29. The summed E-state index contributed by atoms with van der Waals surface area (Å²) in [5.41, 5.74) is 0.842. The Kier molecular flexibility index (Phi) is 4.75. The molecule has 0 atom stereocenters. The Morgan fingerprint density at radius 2 is 1.91 bits per heavy atom. The van der Waals surface area contributed by atoms with Gasteiger partial charge in [-0.15, -0.1) is 21.5 Å². The molecule has 2 heterocycles. The number of aromatic nitrogens is 4. The van der Waals surface area contributed by atoms with Gasteiger partial charge in [0.25, 0.3) is 5.91 Å². The number of nitrogens with zero attached hydrogens (tertiary/aromatic N) is 4. The Morgan fingerprint density at radius 1 is 1.26 bits per heavy atom. The molecule has 0 spiro atoms. The van der Waals surface area contributed by atoms with Gasteiger partial charge in [-0.2, -0.15) is 0 Å². The second-order valence-corrected chi connectivity index (χ2v) is 7.54. The summed E-state index contributed by atoms with van der Waals surface area (Å²) < 4.78 is 2.07. The van der Waals surface area contributed by atoms with Gasteiger partial charge in [-0.05, 0) is 32.6 Å². The van der Waals surface area contributed by atoms with Gasteiger partial charge >= 0.3 is 0 Å². The third kappa shape index (κ3) is 3.60. The summed E-state index contributed by atoms with van der Waals surface area (Å²) in [5, 5.41) is 12.0. The number of aryl methyl sites for hydroxylation is 1. The van der Waals surface area contributed by atoms with Crippen molar-refractivity contribution in [3.63, 3.8) is 0 Å². The van der Waals surface area contributed by atoms with E-state index in [4.69, 9.17) is 0 Å². The van der Waals surface area contributed by atoms with Crippen LogP contribution in [0.1, 0.15) is 71.9 Å². The lowest BCUT2D eigenvalue weighted by atomic mass is 9.91. The van der Waals surface area contributed by atoms with Crippen LogP contribution in [0.15, 0.2) is 12.7 Å². The standard InChI is InChI=1S/C16H23N5OS/c1-10(2)16-19-11(3)14(23-16)15(22)20-12-4-6-13(7-5-12)21-8-17-18-9-21/h8-10,12-13H,4-7H2,1-3H3,(H,20,22). The molecule has 2 aromatic rings. The van der Waals surface area contributed by atoms with Crippen LogP contribution < -0.4 is 5.32 Å². The third-order valence-corrected chi connectivity index (χ3v) is 5.86. The molecule has 1 fully saturated rings. The monoisotopic (exact) mass is 333 g/mol. The third-order valence-electron chi connectivity index (χ3n) is 4.40. The second kappa shape index (κ2) is 6.78. The predicted molar refractivity (Wildman–Crippen MR) is 89.7 cm³/mol. The van der Waals surface area contributed by atoms with E-state index in [1.807, 2.05) is 6.92 Å². The van der Waals surface area contributed by atoms with Gasteiger partial charge in [0.15, 0.2) is 0 Å². The summed E-state index contributed by atoms with van der Waals surface area (Å²) in [5.74, 6) is 0.388. The van der Waals surface area contributed by atoms with Crippen LogP contribution in [-0.2, 0) is 0 Å². The molecule has 1 aliphatic rings. The van der Waals surface area contributed by atoms with Crippen LogP contribution in [0.5, 0.6) is 0 Å². The first kappa shape index (κ1) is 16.1. The summed E-state index contributed by atoms with van der Waals surface area (Å²) >= 11 is 1.52. The molecule has 1 N–H and O–H groups in total. The van der Waals surface area contributed by atoms with Gasteiger partial charge in [0, 0.05) is 18.0 Å². The highest BCUT2D eigenvalue weighted by molar-refractivity contribution is 7.13. The zero-order chi connectivity index (χ0) is 16.4. The minimum Gasteiger partial charge on any atom is -0.349 e. The average molecular weight is 333 g/mol. The normalized spacial score (nSPS) is 21.6. The Hall–Kier alpha value is -1.76. The van der Waals surface area contributed by atoms with Crippen LogP contribution in [0.25, 0.3) is 0 Å². The number of hydrogen-bond acceptors (Lipinski definition) is 5. The fourth-order valence-electron chi connectivity index (χ4n) is 3.04. The maximum absolute atomic E-state index is 12.5. The van der Waals surface area contributed by atoms with Crippen LogP contribution in [0, 0.1) is 6.92 Å². The summed E-state index contributed by atoms with van der Waals surface area (Å²) in [6, 6.07) is 0.704. The lowest BCUT2D eigenvalue weighted by Crippen LogP contribution is -2.37. The van der Waals surface area contributed by atoms with Gasteiger partial charge in [-0.25, -0.2) is 4.98 Å². The molecular formula is C16H23N5OS. The van der Waals surface area contributed by atoms with Gasteiger partial charge < -0.3 is 9.88 Å². The minimum absolute atomic E-state index is 0.0275. The molecule has 1 aliphatic carbocycles. The number of carbonyl (C=O) groups excluding carboxylic acids is 1. The lowest BCUT2D eigenvalue weighted by Gasteiger charge is -2.29. The van der Waals surface area contributed by atoms with Crippen LogP contribution in [0.4, 0.5) is 0 Å². The first-order valence-corrected chi connectivity index (χ1v) is 8.98. The Morgan fingerprint density at radius 3 is 2.48 bits per heavy atom. The quantitative estimate of drug-likeness (QED) is 0.933. The highest BCUT2D eigenvalue weighted by atomic mass is 32.1. The highest BCUT2D eigenvalue weighted by Gasteiger charge is 2.25. The van der Waals surface area contributed by atoms with Gasteiger partial charge in [0.2, 0.25) is 0 Å². The van der Waals surface area contributed by atoms with E-state index in [2.05, 4.69) is 38.9 Å². The van der Waals surface area contributed by atoms with Crippen LogP contribution in [-0.4, -0.2) is 31.7 Å². The fourth-order valence-corrected chi connectivity index (χ4v) is 4.01. The van der Waals surface area contributed by atoms with Gasteiger partial charge in [-0.3, -0.25) is 4.79 Å². The minimum atomic E-state index is 0.0275. The van der Waals surface area contributed by atoms with E-state index >= 15 is 0 Å². The van der Waals surface area contributed by atoms with E-state index in [-0.39, 0.29) is 11.9 Å². The van der Waals surface area contributed by atoms with Crippen molar-refractivity contribution in [3.8, 4) is 0 Å². The van der Waals surface area contributed by atoms with E-state index in [1.54, 1.807) is 12.7 Å². The van der Waals surface area contributed by atoms with Crippen molar-refractivity contribution < 1.29 is 4.79 Å². The predicted octanol–water partition coefficient (Wildman–Crippen LogP) is 3.08. The molecule has 0 bridgehead atoms. The molecule has 0 aliphatic heterocycles. The first-order valence-electron chi connectivity index (χ1n) is 8.17. The van der Waals surface area contributed by atoms with Crippen molar-refractivity contribution in [2.24, 2.45) is 0 Å². The van der Waals surface area contributed by atoms with E-state index in [0.29, 0.717) is 12.0 Å². The number of nitrogens with one attached hydrogen (secondary N) is 1. The van der Waals surface area contributed by atoms with Gasteiger partial charge in [0.05, 0.1) is 10.7 Å². The van der Waals surface area contributed by atoms with Crippen molar-refractivity contribution in [1.82, 2.24) is 25.1 Å². The summed E-state index contributed by atoms with van der Waals surface area (Å²) in [7, 11) is 0. The molecule has 0 aromatic carbocycles. The lowest BCUT2D eigenvalue weighted by molar-refractivity contribution is 0.0926. The molecular weight excluding hydrogens is 310 g/mol. The fraction of sp³-hybridized carbons (Fsp3) is 0.625. The van der Waals surface area contributed by atoms with Crippen molar-refractivity contribution in [3.05, 3.63) is 28.2 Å². The van der Waals surface area contributed by atoms with E-state index in [0.717, 1.165) is 41.3 Å². The molecule has 2 aromatic heterocycles.